The highest BCUT2D eigenvalue weighted by atomic mass is 16.4. The number of rotatable bonds is 57. The minimum atomic E-state index is -2.00. The van der Waals surface area contributed by atoms with Crippen molar-refractivity contribution in [2.45, 2.75) is 243 Å². The lowest BCUT2D eigenvalue weighted by atomic mass is 9.97. The second kappa shape index (κ2) is 56.0. The van der Waals surface area contributed by atoms with Crippen LogP contribution in [0.2, 0.25) is 0 Å². The monoisotopic (exact) mass is 1900 g/mol. The van der Waals surface area contributed by atoms with Crippen LogP contribution in [0.3, 0.4) is 0 Å². The van der Waals surface area contributed by atoms with Crippen LogP contribution >= 0.6 is 0 Å². The molecule has 0 saturated carbocycles. The first-order chi connectivity index (χ1) is 64.3. The maximum absolute atomic E-state index is 14.8. The summed E-state index contributed by atoms with van der Waals surface area (Å²) in [5.41, 5.74) is 8.58. The lowest BCUT2D eigenvalue weighted by Gasteiger charge is -2.29. The molecule has 0 aliphatic carbocycles. The van der Waals surface area contributed by atoms with Gasteiger partial charge < -0.3 is 132 Å². The number of phenols is 1. The Kier molecular flexibility index (Phi) is 46.2. The number of aromatic nitrogens is 2. The first-order valence-corrected chi connectivity index (χ1v) is 44.3. The Morgan fingerprint density at radius 3 is 1.12 bits per heavy atom. The maximum Gasteiger partial charge on any atom is 0.326 e. The molecule has 742 valence electrons. The summed E-state index contributed by atoms with van der Waals surface area (Å²) in [4.78, 5) is 268. The van der Waals surface area contributed by atoms with Crippen LogP contribution in [0.5, 0.6) is 5.75 Å². The molecule has 1 heterocycles. The molecule has 0 fully saturated rings. The number of benzene rings is 4. The van der Waals surface area contributed by atoms with Gasteiger partial charge in [-0.3, -0.25) is 86.3 Å². The van der Waals surface area contributed by atoms with Gasteiger partial charge in [0.1, 0.15) is 96.4 Å². The predicted octanol–water partition coefficient (Wildman–Crippen LogP) is -4.42. The molecular formula is C91H127N19O26. The van der Waals surface area contributed by atoms with Crippen LogP contribution in [0.4, 0.5) is 0 Å². The van der Waals surface area contributed by atoms with Gasteiger partial charge >= 0.3 is 17.9 Å². The van der Waals surface area contributed by atoms with Gasteiger partial charge in [0.15, 0.2) is 0 Å². The third kappa shape index (κ3) is 37.6. The summed E-state index contributed by atoms with van der Waals surface area (Å²) in [5, 5.41) is 110. The Morgan fingerprint density at radius 2 is 0.706 bits per heavy atom. The molecule has 0 aliphatic rings. The Morgan fingerprint density at radius 1 is 0.360 bits per heavy atom. The standard InChI is InChI=1S/C91H127N19O26/c1-12-48(7)73(88(132)94-42-69(115)98-65(39-70(116)117)84(128)103-62(36-54-25-19-15-20-26-54)81(125)102-63(37-55-27-21-16-22-28-55)82(126)104-64(38-57-41-93-45-95-57)83(127)106-68(44-112)86(130)109-74(91(135)136)49(8)13-2)108-90(134)75(52(11)113)110-87(131)67(43-111)105-77(121)51(10)97-89(133)72(47(5)6)107-85(129)66(40-71(118)119)99-76(120)50(9)96-79(123)61(35-53-23-17-14-18-24-53)101-80(124)60(33-46(3)4)100-78(122)59(92)34-56-29-31-58(114)32-30-56/h14-32,41,45-52,59-68,72-75,111-114H,12-13,33-40,42-44,92H2,1-11H3,(H,93,95)(H,94,132)(H,96,123)(H,97,133)(H,98,115)(H,99,120)(H,100,122)(H,101,124)(H,102,125)(H,103,128)(H,104,126)(H,105,121)(H,106,127)(H,107,129)(H,108,134)(H,109,130)(H,110,131)(H,116,117)(H,118,119)(H,135,136)/t48-,49-,50-,51-,52+,59-,60+,61-,62-,63-,64-,65-,66-,67-,68-,72-,73-,74-,75-/m0/s1. The molecule has 16 amide bonds. The van der Waals surface area contributed by atoms with E-state index < -0.39 is 266 Å². The number of carboxylic acid groups (broad SMARTS) is 3. The minimum absolute atomic E-state index is 0.00126. The zero-order valence-corrected chi connectivity index (χ0v) is 77.4. The molecule has 0 saturated heterocycles. The molecule has 19 atom stereocenters. The third-order valence-corrected chi connectivity index (χ3v) is 21.9. The van der Waals surface area contributed by atoms with E-state index >= 15 is 0 Å². The molecule has 1 aromatic heterocycles. The van der Waals surface area contributed by atoms with E-state index in [0.717, 1.165) is 13.8 Å². The van der Waals surface area contributed by atoms with Crippen LogP contribution in [0.1, 0.15) is 136 Å². The van der Waals surface area contributed by atoms with Crippen LogP contribution in [0.15, 0.2) is 128 Å². The summed E-state index contributed by atoms with van der Waals surface area (Å²) in [6.45, 7) is 13.0. The minimum Gasteiger partial charge on any atom is -0.508 e. The molecule has 0 bridgehead atoms. The molecule has 4 aromatic carbocycles. The number of nitrogens with two attached hydrogens (primary N) is 1. The highest BCUT2D eigenvalue weighted by molar-refractivity contribution is 6.02. The molecule has 0 radical (unpaired) electrons. The second-order valence-electron chi connectivity index (χ2n) is 33.8. The number of hydrogen-bond donors (Lipinski definition) is 25. The fourth-order valence-electron chi connectivity index (χ4n) is 13.7. The van der Waals surface area contributed by atoms with E-state index in [9.17, 15) is 127 Å². The summed E-state index contributed by atoms with van der Waals surface area (Å²) >= 11 is 0. The summed E-state index contributed by atoms with van der Waals surface area (Å²) in [6, 6.07) is 4.59. The number of aliphatic carboxylic acids is 3. The fourth-order valence-corrected chi connectivity index (χ4v) is 13.7. The van der Waals surface area contributed by atoms with Crippen molar-refractivity contribution in [2.75, 3.05) is 19.8 Å². The quantitative estimate of drug-likeness (QED) is 0.0175. The molecule has 26 N–H and O–H groups in total. The van der Waals surface area contributed by atoms with E-state index in [2.05, 4.69) is 95.0 Å². The predicted molar refractivity (Wildman–Crippen MR) is 487 cm³/mol. The summed E-state index contributed by atoms with van der Waals surface area (Å²) in [7, 11) is 0. The number of nitrogens with zero attached hydrogens (tertiary/aromatic N) is 1. The van der Waals surface area contributed by atoms with Gasteiger partial charge in [-0.2, -0.15) is 0 Å². The van der Waals surface area contributed by atoms with E-state index in [-0.39, 0.29) is 62.3 Å². The van der Waals surface area contributed by atoms with E-state index in [1.807, 2.05) is 0 Å². The molecule has 5 aromatic rings. The SMILES string of the molecule is CC[C@H](C)[C@H](NC(=O)[C@H](CO)NC(=O)[C@H](Cc1cnc[nH]1)NC(=O)[C@H](Cc1ccccc1)NC(=O)[C@H](Cc1ccccc1)NC(=O)[C@H](CC(=O)O)NC(=O)CNC(=O)[C@@H](NC(=O)[C@@H](NC(=O)[C@H](CO)NC(=O)[C@H](C)NC(=O)[C@@H](NC(=O)[C@H](CC(=O)O)NC(=O)[C@H](C)NC(=O)[C@H](Cc1ccccc1)NC(=O)[C@@H](CC(C)C)NC(=O)[C@@H](N)Cc1ccc(O)cc1)C(C)C)[C@@H](C)O)[C@@H](C)CC)C(=O)O. The van der Waals surface area contributed by atoms with Crippen LogP contribution < -0.4 is 90.8 Å². The number of imidazole rings is 1. The topological polar surface area (TPSA) is 713 Å². The van der Waals surface area contributed by atoms with Crippen molar-refractivity contribution in [3.8, 4) is 5.75 Å². The van der Waals surface area contributed by atoms with Gasteiger partial charge in [-0.25, -0.2) is 9.78 Å². The third-order valence-electron chi connectivity index (χ3n) is 21.9. The van der Waals surface area contributed by atoms with Crippen molar-refractivity contribution in [1.82, 2.24) is 95.0 Å². The molecule has 136 heavy (non-hydrogen) atoms. The van der Waals surface area contributed by atoms with Gasteiger partial charge in [-0.1, -0.05) is 171 Å². The van der Waals surface area contributed by atoms with Crippen molar-refractivity contribution in [3.63, 3.8) is 0 Å². The van der Waals surface area contributed by atoms with Gasteiger partial charge in [0.2, 0.25) is 94.5 Å². The Bertz CT molecular complexity index is 4880. The van der Waals surface area contributed by atoms with Crippen LogP contribution in [0.25, 0.3) is 0 Å². The van der Waals surface area contributed by atoms with Gasteiger partial charge in [-0.05, 0) is 91.7 Å². The average Bonchev–Trinajstić information content (AvgIpc) is 1.23. The van der Waals surface area contributed by atoms with Crippen molar-refractivity contribution < 1.29 is 127 Å². The average molecular weight is 1900 g/mol. The number of carboxylic acids is 3. The number of aromatic amines is 1. The molecular weight excluding hydrogens is 1780 g/mol. The summed E-state index contributed by atoms with van der Waals surface area (Å²) in [5.74, 6) is -24.2. The lowest BCUT2D eigenvalue weighted by molar-refractivity contribution is -0.144. The van der Waals surface area contributed by atoms with Crippen LogP contribution in [0, 0.1) is 23.7 Å². The lowest BCUT2D eigenvalue weighted by Crippen LogP contribution is -2.62. The number of nitrogens with one attached hydrogen (secondary N) is 17. The smallest absolute Gasteiger partial charge is 0.326 e. The van der Waals surface area contributed by atoms with Crippen molar-refractivity contribution in [1.29, 1.82) is 0 Å². The van der Waals surface area contributed by atoms with Gasteiger partial charge in [-0.15, -0.1) is 0 Å². The zero-order valence-electron chi connectivity index (χ0n) is 77.4. The number of phenolic OH excluding ortho intramolecular Hbond substituents is 1. The van der Waals surface area contributed by atoms with Gasteiger partial charge in [0.25, 0.3) is 0 Å². The molecule has 45 heteroatoms. The number of aliphatic hydroxyl groups is 3. The number of carbonyl (C=O) groups excluding carboxylic acids is 16. The van der Waals surface area contributed by atoms with Crippen LogP contribution in [-0.2, 0) is 123 Å². The molecule has 0 unspecified atom stereocenters. The first-order valence-electron chi connectivity index (χ1n) is 44.3. The number of carbonyl (C=O) groups is 19. The number of hydrogen-bond acceptors (Lipinski definition) is 25. The maximum atomic E-state index is 14.8. The molecule has 45 nitrogen and oxygen atoms in total. The Balaban J connectivity index is 1.23. The number of H-pyrrole nitrogens is 1. The number of aromatic hydroxyl groups is 1. The highest BCUT2D eigenvalue weighted by Crippen LogP contribution is 2.18. The van der Waals surface area contributed by atoms with Gasteiger partial charge in [0.05, 0.1) is 51.1 Å². The van der Waals surface area contributed by atoms with E-state index in [4.69, 9.17) is 5.73 Å². The van der Waals surface area contributed by atoms with E-state index in [0.29, 0.717) is 28.7 Å². The number of aliphatic hydroxyl groups excluding tert-OH is 3. The van der Waals surface area contributed by atoms with Gasteiger partial charge in [0, 0.05) is 37.6 Å². The summed E-state index contributed by atoms with van der Waals surface area (Å²) < 4.78 is 0. The van der Waals surface area contributed by atoms with Crippen LogP contribution in [-0.4, -0.2) is 281 Å². The molecule has 5 rings (SSSR count). The van der Waals surface area contributed by atoms with Crippen molar-refractivity contribution >= 4 is 112 Å². The largest absolute Gasteiger partial charge is 0.508 e. The molecule has 0 aliphatic heterocycles. The second-order valence-corrected chi connectivity index (χ2v) is 33.8. The molecule has 0 spiro atoms. The number of amides is 16. The highest BCUT2D eigenvalue weighted by Gasteiger charge is 2.41. The zero-order chi connectivity index (χ0) is 101. The summed E-state index contributed by atoms with van der Waals surface area (Å²) in [6.07, 6.45) is -1.85. The van der Waals surface area contributed by atoms with Crippen molar-refractivity contribution in [3.05, 3.63) is 156 Å². The van der Waals surface area contributed by atoms with E-state index in [1.54, 1.807) is 138 Å². The normalized spacial score (nSPS) is 15.4. The Hall–Kier alpha value is -14.3. The first kappa shape index (κ1) is 112. The van der Waals surface area contributed by atoms with Crippen molar-refractivity contribution in [2.24, 2.45) is 29.4 Å². The van der Waals surface area contributed by atoms with E-state index in [1.165, 1.54) is 52.4 Å². The Labute approximate surface area is 784 Å². The fraction of sp³-hybridized carbons (Fsp3) is 0.495.